The number of carbonyl (C=O) groups is 1. The van der Waals surface area contributed by atoms with Crippen LogP contribution in [0.25, 0.3) is 10.9 Å². The highest BCUT2D eigenvalue weighted by Crippen LogP contribution is 2.38. The fourth-order valence-corrected chi connectivity index (χ4v) is 6.07. The van der Waals surface area contributed by atoms with Crippen molar-refractivity contribution in [2.45, 2.75) is 37.8 Å². The third kappa shape index (κ3) is 5.07. The van der Waals surface area contributed by atoms with E-state index in [1.54, 1.807) is 6.92 Å². The summed E-state index contributed by atoms with van der Waals surface area (Å²) in [5, 5.41) is 3.43. The second-order valence-electron chi connectivity index (χ2n) is 9.93. The van der Waals surface area contributed by atoms with Gasteiger partial charge in [0.25, 0.3) is 5.56 Å². The van der Waals surface area contributed by atoms with Gasteiger partial charge >= 0.3 is 10.2 Å². The maximum absolute atomic E-state index is 15.3. The molecule has 2 aliphatic heterocycles. The highest BCUT2D eigenvalue weighted by molar-refractivity contribution is 7.90. The number of piperidine rings is 1. The van der Waals surface area contributed by atoms with Gasteiger partial charge in [0.1, 0.15) is 5.82 Å². The van der Waals surface area contributed by atoms with E-state index >= 15 is 4.39 Å². The lowest BCUT2D eigenvalue weighted by atomic mass is 9.88. The molecule has 39 heavy (non-hydrogen) atoms. The number of hydrogen-bond acceptors (Lipinski definition) is 7. The van der Waals surface area contributed by atoms with Crippen molar-refractivity contribution in [3.63, 3.8) is 0 Å². The van der Waals surface area contributed by atoms with Gasteiger partial charge in [0.2, 0.25) is 0 Å². The summed E-state index contributed by atoms with van der Waals surface area (Å²) < 4.78 is 65.3. The lowest BCUT2D eigenvalue weighted by Gasteiger charge is -2.32. The lowest BCUT2D eigenvalue weighted by molar-refractivity contribution is -0.0196. The molecule has 3 aromatic rings. The number of ether oxygens (including phenoxy) is 1. The molecule has 208 valence electrons. The summed E-state index contributed by atoms with van der Waals surface area (Å²) >= 11 is 0. The van der Waals surface area contributed by atoms with E-state index in [0.29, 0.717) is 18.5 Å². The first-order valence-electron chi connectivity index (χ1n) is 12.7. The molecule has 0 saturated carbocycles. The molecule has 0 radical (unpaired) electrons. The Bertz CT molecular complexity index is 1600. The van der Waals surface area contributed by atoms with E-state index in [4.69, 9.17) is 4.74 Å². The average Bonchev–Trinajstić information content (AvgIpc) is 3.32. The quantitative estimate of drug-likeness (QED) is 0.425. The number of aromatic nitrogens is 2. The molecule has 0 aliphatic carbocycles. The van der Waals surface area contributed by atoms with Crippen molar-refractivity contribution in [1.29, 1.82) is 0 Å². The number of halogens is 2. The van der Waals surface area contributed by atoms with Gasteiger partial charge < -0.3 is 10.1 Å². The molecule has 2 aromatic carbocycles. The van der Waals surface area contributed by atoms with Crippen molar-refractivity contribution in [1.82, 2.24) is 19.2 Å². The first kappa shape index (κ1) is 27.3. The predicted octanol–water partition coefficient (Wildman–Crippen LogP) is 2.60. The Labute approximate surface area is 224 Å². The standard InChI is InChI=1S/C26H29F2N5O5S/c1-3-32(2)39(36,37)31-21-7-5-19(27)22(23(21)28)24(34)16-4-6-20-18(12-16)25(35)33(15-30-20)17-13-26(38-14-17)8-10-29-11-9-26/h4-7,12,15,17,29,31H,3,8-11,13-14H2,1-2H3. The number of fused-ring (bicyclic) bond motifs is 1. The number of rotatable bonds is 7. The summed E-state index contributed by atoms with van der Waals surface area (Å²) in [6.45, 7) is 3.74. The van der Waals surface area contributed by atoms with Crippen LogP contribution in [0.2, 0.25) is 0 Å². The first-order valence-corrected chi connectivity index (χ1v) is 14.1. The monoisotopic (exact) mass is 561 g/mol. The van der Waals surface area contributed by atoms with Gasteiger partial charge in [0.05, 0.1) is 46.7 Å². The van der Waals surface area contributed by atoms with Crippen LogP contribution < -0.4 is 15.6 Å². The van der Waals surface area contributed by atoms with Crippen molar-refractivity contribution < 1.29 is 26.7 Å². The Morgan fingerprint density at radius 2 is 2.00 bits per heavy atom. The van der Waals surface area contributed by atoms with Crippen LogP contribution in [-0.4, -0.2) is 66.9 Å². The first-order chi connectivity index (χ1) is 18.5. The van der Waals surface area contributed by atoms with E-state index in [-0.39, 0.29) is 34.7 Å². The minimum atomic E-state index is -4.12. The minimum absolute atomic E-state index is 0.109. The Morgan fingerprint density at radius 1 is 1.26 bits per heavy atom. The largest absolute Gasteiger partial charge is 0.373 e. The Morgan fingerprint density at radius 3 is 2.72 bits per heavy atom. The van der Waals surface area contributed by atoms with Gasteiger partial charge in [-0.25, -0.2) is 13.8 Å². The number of nitrogens with one attached hydrogen (secondary N) is 2. The maximum atomic E-state index is 15.3. The van der Waals surface area contributed by atoms with Crippen molar-refractivity contribution in [3.8, 4) is 0 Å². The smallest absolute Gasteiger partial charge is 0.301 e. The number of anilines is 1. The van der Waals surface area contributed by atoms with Crippen LogP contribution in [-0.2, 0) is 14.9 Å². The van der Waals surface area contributed by atoms with Gasteiger partial charge in [0, 0.05) is 19.2 Å². The minimum Gasteiger partial charge on any atom is -0.373 e. The van der Waals surface area contributed by atoms with Gasteiger partial charge in [-0.3, -0.25) is 18.9 Å². The average molecular weight is 562 g/mol. The second kappa shape index (κ2) is 10.4. The Kier molecular flexibility index (Phi) is 7.27. The molecule has 1 atom stereocenters. The summed E-state index contributed by atoms with van der Waals surface area (Å²) in [7, 11) is -2.83. The Hall–Kier alpha value is -3.26. The molecule has 1 unspecified atom stereocenters. The molecule has 2 N–H and O–H groups in total. The zero-order valence-corrected chi connectivity index (χ0v) is 22.4. The van der Waals surface area contributed by atoms with Gasteiger partial charge in [0.15, 0.2) is 11.6 Å². The molecule has 1 aromatic heterocycles. The van der Waals surface area contributed by atoms with Crippen LogP contribution in [0.3, 0.4) is 0 Å². The van der Waals surface area contributed by atoms with Crippen LogP contribution in [0, 0.1) is 11.6 Å². The van der Waals surface area contributed by atoms with Crippen LogP contribution >= 0.6 is 0 Å². The highest BCUT2D eigenvalue weighted by Gasteiger charge is 2.42. The van der Waals surface area contributed by atoms with Crippen molar-refractivity contribution in [3.05, 3.63) is 69.8 Å². The van der Waals surface area contributed by atoms with Gasteiger partial charge in [-0.2, -0.15) is 12.7 Å². The molecular formula is C26H29F2N5O5S. The summed E-state index contributed by atoms with van der Waals surface area (Å²) in [4.78, 5) is 31.1. The fourth-order valence-electron chi connectivity index (χ4n) is 5.14. The van der Waals surface area contributed by atoms with E-state index in [2.05, 4.69) is 10.3 Å². The van der Waals surface area contributed by atoms with Crippen molar-refractivity contribution in [2.24, 2.45) is 0 Å². The summed E-state index contributed by atoms with van der Waals surface area (Å²) in [6.07, 6.45) is 3.81. The Balaban J connectivity index is 1.48. The molecule has 2 fully saturated rings. The molecule has 0 amide bonds. The summed E-state index contributed by atoms with van der Waals surface area (Å²) in [5.74, 6) is -3.56. The van der Waals surface area contributed by atoms with Gasteiger partial charge in [-0.15, -0.1) is 0 Å². The van der Waals surface area contributed by atoms with E-state index < -0.39 is 38.9 Å². The van der Waals surface area contributed by atoms with Crippen LogP contribution in [0.4, 0.5) is 14.5 Å². The molecule has 2 aliphatic rings. The van der Waals surface area contributed by atoms with E-state index in [1.807, 2.05) is 4.72 Å². The zero-order chi connectivity index (χ0) is 27.9. The molecule has 0 bridgehead atoms. The molecule has 10 nitrogen and oxygen atoms in total. The SMILES string of the molecule is CCN(C)S(=O)(=O)Nc1ccc(F)c(C(=O)c2ccc3ncn(C4COC5(CCNCC5)C4)c(=O)c3c2)c1F. The van der Waals surface area contributed by atoms with Crippen LogP contribution in [0.5, 0.6) is 0 Å². The van der Waals surface area contributed by atoms with Crippen LogP contribution in [0.15, 0.2) is 41.5 Å². The predicted molar refractivity (Wildman–Crippen MR) is 141 cm³/mol. The number of nitrogens with zero attached hydrogens (tertiary/aromatic N) is 3. The number of hydrogen-bond donors (Lipinski definition) is 2. The van der Waals surface area contributed by atoms with Crippen molar-refractivity contribution in [2.75, 3.05) is 38.0 Å². The molecule has 13 heteroatoms. The van der Waals surface area contributed by atoms with Gasteiger partial charge in [-0.1, -0.05) is 6.92 Å². The summed E-state index contributed by atoms with van der Waals surface area (Å²) in [5.41, 5.74) is -1.99. The molecule has 3 heterocycles. The third-order valence-electron chi connectivity index (χ3n) is 7.56. The maximum Gasteiger partial charge on any atom is 0.301 e. The van der Waals surface area contributed by atoms with E-state index in [0.717, 1.165) is 42.4 Å². The molecule has 5 rings (SSSR count). The molecular weight excluding hydrogens is 532 g/mol. The van der Waals surface area contributed by atoms with Crippen LogP contribution in [0.1, 0.15) is 48.1 Å². The third-order valence-corrected chi connectivity index (χ3v) is 9.11. The number of carbonyl (C=O) groups excluding carboxylic acids is 1. The van der Waals surface area contributed by atoms with E-state index in [9.17, 15) is 22.4 Å². The highest BCUT2D eigenvalue weighted by atomic mass is 32.2. The number of benzene rings is 2. The lowest BCUT2D eigenvalue weighted by Crippen LogP contribution is -2.41. The second-order valence-corrected chi connectivity index (χ2v) is 11.7. The van der Waals surface area contributed by atoms with Crippen molar-refractivity contribution >= 4 is 32.6 Å². The topological polar surface area (TPSA) is 123 Å². The normalized spacial score (nSPS) is 19.2. The molecule has 1 spiro atoms. The van der Waals surface area contributed by atoms with Gasteiger partial charge in [-0.05, 0) is 62.7 Å². The molecule has 2 saturated heterocycles. The zero-order valence-electron chi connectivity index (χ0n) is 21.5. The summed E-state index contributed by atoms with van der Waals surface area (Å²) in [6, 6.07) is 5.52. The number of ketones is 1. The van der Waals surface area contributed by atoms with E-state index in [1.165, 1.54) is 36.1 Å². The fraction of sp³-hybridized carbons (Fsp3) is 0.423.